The Morgan fingerprint density at radius 1 is 0.970 bits per heavy atom. The molecule has 2 amide bonds. The molecular formula is C27H38N4O2. The van der Waals surface area contributed by atoms with Crippen LogP contribution in [-0.4, -0.2) is 57.0 Å². The van der Waals surface area contributed by atoms with Crippen LogP contribution in [0.5, 0.6) is 0 Å². The fourth-order valence-corrected chi connectivity index (χ4v) is 4.13. The van der Waals surface area contributed by atoms with E-state index in [1.807, 2.05) is 56.6 Å². The number of nitrogens with zero attached hydrogens (tertiary/aromatic N) is 2. The monoisotopic (exact) mass is 450 g/mol. The Bertz CT molecular complexity index is 918. The van der Waals surface area contributed by atoms with Gasteiger partial charge in [-0.15, -0.1) is 0 Å². The highest BCUT2D eigenvalue weighted by Gasteiger charge is 2.20. The predicted octanol–water partition coefficient (Wildman–Crippen LogP) is 4.56. The van der Waals surface area contributed by atoms with Crippen molar-refractivity contribution in [2.24, 2.45) is 0 Å². The van der Waals surface area contributed by atoms with Crippen LogP contribution in [0.15, 0.2) is 42.5 Å². The SMILES string of the molecule is CCCCc1ccc(C(=O)Nc2ccc(N3CCCC3)c(C(=O)NCCCN(C)C)c2)cc1. The third kappa shape index (κ3) is 7.32. The van der Waals surface area contributed by atoms with Crippen molar-refractivity contribution in [3.63, 3.8) is 0 Å². The van der Waals surface area contributed by atoms with Crippen LogP contribution in [0.25, 0.3) is 0 Å². The molecule has 178 valence electrons. The minimum atomic E-state index is -0.164. The van der Waals surface area contributed by atoms with E-state index >= 15 is 0 Å². The number of hydrogen-bond donors (Lipinski definition) is 2. The Hall–Kier alpha value is -2.86. The highest BCUT2D eigenvalue weighted by molar-refractivity contribution is 6.06. The molecule has 1 aliphatic heterocycles. The summed E-state index contributed by atoms with van der Waals surface area (Å²) in [6.07, 6.45) is 6.50. The van der Waals surface area contributed by atoms with Gasteiger partial charge in [-0.1, -0.05) is 25.5 Å². The summed E-state index contributed by atoms with van der Waals surface area (Å²) in [5, 5.41) is 6.02. The van der Waals surface area contributed by atoms with Crippen molar-refractivity contribution in [3.8, 4) is 0 Å². The average molecular weight is 451 g/mol. The third-order valence-corrected chi connectivity index (χ3v) is 6.05. The lowest BCUT2D eigenvalue weighted by Crippen LogP contribution is -2.29. The molecule has 1 aliphatic rings. The van der Waals surface area contributed by atoms with Gasteiger partial charge in [-0.25, -0.2) is 0 Å². The fraction of sp³-hybridized carbons (Fsp3) is 0.481. The van der Waals surface area contributed by atoms with Gasteiger partial charge in [0.15, 0.2) is 0 Å². The number of nitrogens with one attached hydrogen (secondary N) is 2. The van der Waals surface area contributed by atoms with E-state index in [0.29, 0.717) is 23.4 Å². The van der Waals surface area contributed by atoms with E-state index in [1.54, 1.807) is 0 Å². The number of aryl methyl sites for hydroxylation is 1. The Balaban J connectivity index is 1.72. The smallest absolute Gasteiger partial charge is 0.255 e. The Morgan fingerprint density at radius 3 is 2.36 bits per heavy atom. The molecular weight excluding hydrogens is 412 g/mol. The number of carbonyl (C=O) groups is 2. The van der Waals surface area contributed by atoms with Crippen molar-refractivity contribution in [1.82, 2.24) is 10.2 Å². The zero-order chi connectivity index (χ0) is 23.6. The second kappa shape index (κ2) is 12.4. The number of hydrogen-bond acceptors (Lipinski definition) is 4. The van der Waals surface area contributed by atoms with Crippen LogP contribution >= 0.6 is 0 Å². The van der Waals surface area contributed by atoms with Crippen molar-refractivity contribution in [1.29, 1.82) is 0 Å². The molecule has 0 bridgehead atoms. The molecule has 1 fully saturated rings. The van der Waals surface area contributed by atoms with E-state index < -0.39 is 0 Å². The first-order chi connectivity index (χ1) is 16.0. The Labute approximate surface area is 198 Å². The summed E-state index contributed by atoms with van der Waals surface area (Å²) in [6, 6.07) is 13.5. The molecule has 0 aromatic heterocycles. The Kier molecular flexibility index (Phi) is 9.31. The van der Waals surface area contributed by atoms with Gasteiger partial charge in [0.2, 0.25) is 0 Å². The quantitative estimate of drug-likeness (QED) is 0.493. The third-order valence-electron chi connectivity index (χ3n) is 6.05. The number of anilines is 2. The molecule has 6 heteroatoms. The molecule has 2 aromatic rings. The van der Waals surface area contributed by atoms with Gasteiger partial charge >= 0.3 is 0 Å². The molecule has 1 heterocycles. The van der Waals surface area contributed by atoms with Gasteiger partial charge in [-0.3, -0.25) is 9.59 Å². The van der Waals surface area contributed by atoms with Crippen LogP contribution in [-0.2, 0) is 6.42 Å². The van der Waals surface area contributed by atoms with Gasteiger partial charge in [0, 0.05) is 36.6 Å². The molecule has 0 radical (unpaired) electrons. The summed E-state index contributed by atoms with van der Waals surface area (Å²) < 4.78 is 0. The Morgan fingerprint density at radius 2 is 1.70 bits per heavy atom. The number of amides is 2. The number of benzene rings is 2. The molecule has 6 nitrogen and oxygen atoms in total. The van der Waals surface area contributed by atoms with Crippen LogP contribution in [0.1, 0.15) is 65.3 Å². The van der Waals surface area contributed by atoms with Gasteiger partial charge in [-0.2, -0.15) is 0 Å². The molecule has 3 rings (SSSR count). The summed E-state index contributed by atoms with van der Waals surface area (Å²) >= 11 is 0. The van der Waals surface area contributed by atoms with Crippen LogP contribution in [0.2, 0.25) is 0 Å². The minimum absolute atomic E-state index is 0.0907. The topological polar surface area (TPSA) is 64.7 Å². The largest absolute Gasteiger partial charge is 0.371 e. The molecule has 1 saturated heterocycles. The first kappa shape index (κ1) is 24.8. The molecule has 0 saturated carbocycles. The summed E-state index contributed by atoms with van der Waals surface area (Å²) in [5.41, 5.74) is 4.06. The van der Waals surface area contributed by atoms with E-state index in [-0.39, 0.29) is 11.8 Å². The molecule has 2 aromatic carbocycles. The van der Waals surface area contributed by atoms with Gasteiger partial charge in [0.25, 0.3) is 11.8 Å². The van der Waals surface area contributed by atoms with E-state index in [0.717, 1.165) is 63.8 Å². The molecule has 2 N–H and O–H groups in total. The maximum Gasteiger partial charge on any atom is 0.255 e. The lowest BCUT2D eigenvalue weighted by Gasteiger charge is -2.22. The van der Waals surface area contributed by atoms with Crippen LogP contribution in [0.4, 0.5) is 11.4 Å². The number of unbranched alkanes of at least 4 members (excludes halogenated alkanes) is 1. The standard InChI is InChI=1S/C27H38N4O2/c1-4-5-9-21-10-12-22(13-11-21)26(32)29-23-14-15-25(31-18-6-7-19-31)24(20-23)27(33)28-16-8-17-30(2)3/h10-15,20H,4-9,16-19H2,1-3H3,(H,28,33)(H,29,32). The normalized spacial score (nSPS) is 13.4. The van der Waals surface area contributed by atoms with Crippen molar-refractivity contribution in [2.45, 2.75) is 45.4 Å². The van der Waals surface area contributed by atoms with Crippen molar-refractivity contribution in [3.05, 3.63) is 59.2 Å². The fourth-order valence-electron chi connectivity index (χ4n) is 4.13. The first-order valence-corrected chi connectivity index (χ1v) is 12.2. The van der Waals surface area contributed by atoms with Crippen molar-refractivity contribution < 1.29 is 9.59 Å². The second-order valence-corrected chi connectivity index (χ2v) is 9.09. The lowest BCUT2D eigenvalue weighted by molar-refractivity contribution is 0.0951. The van der Waals surface area contributed by atoms with Crippen LogP contribution in [0, 0.1) is 0 Å². The second-order valence-electron chi connectivity index (χ2n) is 9.09. The summed E-state index contributed by atoms with van der Waals surface area (Å²) in [5.74, 6) is -0.254. The summed E-state index contributed by atoms with van der Waals surface area (Å²) in [4.78, 5) is 30.2. The van der Waals surface area contributed by atoms with Gasteiger partial charge in [0.05, 0.1) is 5.56 Å². The molecule has 0 spiro atoms. The highest BCUT2D eigenvalue weighted by Crippen LogP contribution is 2.28. The first-order valence-electron chi connectivity index (χ1n) is 12.2. The van der Waals surface area contributed by atoms with Gasteiger partial charge in [0.1, 0.15) is 0 Å². The van der Waals surface area contributed by atoms with Crippen molar-refractivity contribution >= 4 is 23.2 Å². The molecule has 33 heavy (non-hydrogen) atoms. The average Bonchev–Trinajstić information content (AvgIpc) is 3.35. The van der Waals surface area contributed by atoms with E-state index in [1.165, 1.54) is 5.56 Å². The van der Waals surface area contributed by atoms with Gasteiger partial charge in [-0.05, 0) is 88.6 Å². The van der Waals surface area contributed by atoms with Crippen LogP contribution in [0.3, 0.4) is 0 Å². The zero-order valence-corrected chi connectivity index (χ0v) is 20.3. The molecule has 0 unspecified atom stereocenters. The lowest BCUT2D eigenvalue weighted by atomic mass is 10.1. The van der Waals surface area contributed by atoms with E-state index in [4.69, 9.17) is 0 Å². The van der Waals surface area contributed by atoms with E-state index in [2.05, 4.69) is 27.4 Å². The summed E-state index contributed by atoms with van der Waals surface area (Å²) in [6.45, 7) is 5.63. The predicted molar refractivity (Wildman–Crippen MR) is 136 cm³/mol. The maximum absolute atomic E-state index is 13.0. The number of carbonyl (C=O) groups excluding carboxylic acids is 2. The van der Waals surface area contributed by atoms with Gasteiger partial charge < -0.3 is 20.4 Å². The van der Waals surface area contributed by atoms with Crippen molar-refractivity contribution in [2.75, 3.05) is 50.5 Å². The highest BCUT2D eigenvalue weighted by atomic mass is 16.2. The molecule has 0 atom stereocenters. The molecule has 0 aliphatic carbocycles. The van der Waals surface area contributed by atoms with E-state index in [9.17, 15) is 9.59 Å². The van der Waals surface area contributed by atoms with Crippen LogP contribution < -0.4 is 15.5 Å². The minimum Gasteiger partial charge on any atom is -0.371 e. The zero-order valence-electron chi connectivity index (χ0n) is 20.3. The maximum atomic E-state index is 13.0. The summed E-state index contributed by atoms with van der Waals surface area (Å²) in [7, 11) is 4.05. The number of rotatable bonds is 11.